The Labute approximate surface area is 146 Å². The Bertz CT molecular complexity index is 633. The first kappa shape index (κ1) is 20.7. The molecular formula is C19H28NO3S-. The molecule has 0 aromatic heterocycles. The number of nitriles is 1. The average molecular weight is 351 g/mol. The molecule has 0 saturated carbocycles. The van der Waals surface area contributed by atoms with Gasteiger partial charge in [0.1, 0.15) is 10.1 Å². The zero-order chi connectivity index (χ0) is 17.8. The molecule has 0 unspecified atom stereocenters. The van der Waals surface area contributed by atoms with Gasteiger partial charge in [-0.3, -0.25) is 0 Å². The number of aryl methyl sites for hydroxylation is 1. The first-order valence-corrected chi connectivity index (χ1v) is 10.4. The number of unbranched alkanes of at least 4 members (excludes halogenated alkanes) is 9. The van der Waals surface area contributed by atoms with Crippen molar-refractivity contribution in [2.75, 3.05) is 0 Å². The molecule has 4 nitrogen and oxygen atoms in total. The molecule has 134 valence electrons. The molecule has 1 rings (SSSR count). The molecule has 0 bridgehead atoms. The van der Waals surface area contributed by atoms with Gasteiger partial charge in [-0.25, -0.2) is 8.42 Å². The van der Waals surface area contributed by atoms with Crippen molar-refractivity contribution in [3.05, 3.63) is 29.3 Å². The van der Waals surface area contributed by atoms with Crippen LogP contribution in [0, 0.1) is 11.3 Å². The lowest BCUT2D eigenvalue weighted by molar-refractivity contribution is 0.463. The summed E-state index contributed by atoms with van der Waals surface area (Å²) in [6, 6.07) is 6.07. The fraction of sp³-hybridized carbons (Fsp3) is 0.632. The number of nitrogens with zero attached hydrogens (tertiary/aromatic N) is 1. The quantitative estimate of drug-likeness (QED) is 0.395. The highest BCUT2D eigenvalue weighted by Crippen LogP contribution is 2.18. The third-order valence-corrected chi connectivity index (χ3v) is 5.12. The van der Waals surface area contributed by atoms with E-state index < -0.39 is 10.1 Å². The van der Waals surface area contributed by atoms with Gasteiger partial charge in [0.05, 0.1) is 16.5 Å². The zero-order valence-corrected chi connectivity index (χ0v) is 15.4. The van der Waals surface area contributed by atoms with Crippen LogP contribution in [0.3, 0.4) is 0 Å². The van der Waals surface area contributed by atoms with Crippen LogP contribution in [0.25, 0.3) is 0 Å². The number of benzene rings is 1. The Morgan fingerprint density at radius 1 is 0.958 bits per heavy atom. The molecule has 0 aliphatic rings. The number of rotatable bonds is 12. The molecule has 1 aromatic rings. The van der Waals surface area contributed by atoms with Crippen LogP contribution in [0.4, 0.5) is 0 Å². The van der Waals surface area contributed by atoms with Gasteiger partial charge in [0.15, 0.2) is 0 Å². The normalized spacial score (nSPS) is 11.4. The van der Waals surface area contributed by atoms with Crippen LogP contribution in [0.2, 0.25) is 0 Å². The summed E-state index contributed by atoms with van der Waals surface area (Å²) in [5.41, 5.74) is 1.12. The Hall–Kier alpha value is -1.38. The monoisotopic (exact) mass is 350 g/mol. The third kappa shape index (κ3) is 7.94. The van der Waals surface area contributed by atoms with Crippen LogP contribution in [0.5, 0.6) is 0 Å². The Morgan fingerprint density at radius 2 is 1.50 bits per heavy atom. The van der Waals surface area contributed by atoms with Gasteiger partial charge in [-0.2, -0.15) is 5.26 Å². The molecule has 0 aliphatic heterocycles. The van der Waals surface area contributed by atoms with E-state index in [0.717, 1.165) is 24.8 Å². The summed E-state index contributed by atoms with van der Waals surface area (Å²) in [5, 5.41) is 9.12. The van der Waals surface area contributed by atoms with E-state index in [9.17, 15) is 13.0 Å². The third-order valence-electron chi connectivity index (χ3n) is 4.29. The Kier molecular flexibility index (Phi) is 9.66. The summed E-state index contributed by atoms with van der Waals surface area (Å²) >= 11 is 0. The molecule has 1 aromatic carbocycles. The topological polar surface area (TPSA) is 81.0 Å². The van der Waals surface area contributed by atoms with Crippen LogP contribution in [0.15, 0.2) is 23.1 Å². The maximum absolute atomic E-state index is 11.0. The summed E-state index contributed by atoms with van der Waals surface area (Å²) < 4.78 is 33.0. The highest BCUT2D eigenvalue weighted by atomic mass is 32.2. The first-order chi connectivity index (χ1) is 11.5. The molecule has 0 aliphatic carbocycles. The number of hydrogen-bond donors (Lipinski definition) is 0. The molecule has 0 radical (unpaired) electrons. The molecule has 0 saturated heterocycles. The van der Waals surface area contributed by atoms with Crippen molar-refractivity contribution in [2.45, 2.75) is 82.4 Å². The van der Waals surface area contributed by atoms with E-state index in [-0.39, 0.29) is 4.90 Å². The van der Waals surface area contributed by atoms with Gasteiger partial charge in [-0.15, -0.1) is 0 Å². The second kappa shape index (κ2) is 11.2. The minimum Gasteiger partial charge on any atom is -0.744 e. The van der Waals surface area contributed by atoms with Gasteiger partial charge in [-0.05, 0) is 30.5 Å². The van der Waals surface area contributed by atoms with E-state index >= 15 is 0 Å². The second-order valence-electron chi connectivity index (χ2n) is 6.32. The van der Waals surface area contributed by atoms with Crippen molar-refractivity contribution in [3.63, 3.8) is 0 Å². The van der Waals surface area contributed by atoms with Gasteiger partial charge in [-0.1, -0.05) is 70.8 Å². The summed E-state index contributed by atoms with van der Waals surface area (Å²) in [6.45, 7) is 2.23. The summed E-state index contributed by atoms with van der Waals surface area (Å²) in [7, 11) is -4.50. The SMILES string of the molecule is CCCCCCCCCCCCc1ccc(S(=O)(=O)[O-])cc1C#N. The second-order valence-corrected chi connectivity index (χ2v) is 7.70. The van der Waals surface area contributed by atoms with E-state index in [1.165, 1.54) is 63.5 Å². The lowest BCUT2D eigenvalue weighted by Crippen LogP contribution is -2.01. The first-order valence-electron chi connectivity index (χ1n) is 8.98. The lowest BCUT2D eigenvalue weighted by atomic mass is 10.0. The van der Waals surface area contributed by atoms with Crippen LogP contribution >= 0.6 is 0 Å². The van der Waals surface area contributed by atoms with Gasteiger partial charge in [0.2, 0.25) is 0 Å². The van der Waals surface area contributed by atoms with Crippen LogP contribution in [-0.4, -0.2) is 13.0 Å². The molecule has 0 spiro atoms. The van der Waals surface area contributed by atoms with Gasteiger partial charge >= 0.3 is 0 Å². The molecular weight excluding hydrogens is 322 g/mol. The zero-order valence-electron chi connectivity index (χ0n) is 14.6. The van der Waals surface area contributed by atoms with Crippen molar-refractivity contribution in [3.8, 4) is 6.07 Å². The summed E-state index contributed by atoms with van der Waals surface area (Å²) in [6.07, 6.45) is 13.2. The molecule has 0 fully saturated rings. The summed E-state index contributed by atoms with van der Waals surface area (Å²) in [5.74, 6) is 0. The van der Waals surface area contributed by atoms with E-state index in [4.69, 9.17) is 5.26 Å². The predicted molar refractivity (Wildman–Crippen MR) is 94.7 cm³/mol. The highest BCUT2D eigenvalue weighted by molar-refractivity contribution is 7.85. The molecule has 0 atom stereocenters. The van der Waals surface area contributed by atoms with Gasteiger partial charge < -0.3 is 4.55 Å². The van der Waals surface area contributed by atoms with Crippen LogP contribution in [-0.2, 0) is 16.5 Å². The highest BCUT2D eigenvalue weighted by Gasteiger charge is 2.07. The van der Waals surface area contributed by atoms with Crippen molar-refractivity contribution >= 4 is 10.1 Å². The van der Waals surface area contributed by atoms with Crippen LogP contribution < -0.4 is 0 Å². The van der Waals surface area contributed by atoms with E-state index in [2.05, 4.69) is 6.92 Å². The average Bonchev–Trinajstić information content (AvgIpc) is 2.55. The summed E-state index contributed by atoms with van der Waals surface area (Å²) in [4.78, 5) is -0.328. The largest absolute Gasteiger partial charge is 0.744 e. The smallest absolute Gasteiger partial charge is 0.124 e. The lowest BCUT2D eigenvalue weighted by Gasteiger charge is -2.10. The Balaban J connectivity index is 2.27. The van der Waals surface area contributed by atoms with Crippen molar-refractivity contribution in [2.24, 2.45) is 0 Å². The molecule has 24 heavy (non-hydrogen) atoms. The number of hydrogen-bond acceptors (Lipinski definition) is 4. The molecule has 0 N–H and O–H groups in total. The predicted octanol–water partition coefficient (Wildman–Crippen LogP) is 4.93. The minimum absolute atomic E-state index is 0.294. The Morgan fingerprint density at radius 3 is 2.00 bits per heavy atom. The van der Waals surface area contributed by atoms with Gasteiger partial charge in [0.25, 0.3) is 0 Å². The molecule has 0 amide bonds. The standard InChI is InChI=1S/C19H29NO3S/c1-2-3-4-5-6-7-8-9-10-11-12-17-13-14-19(24(21,22)23)15-18(17)16-20/h13-15H,2-12H2,1H3,(H,21,22,23)/p-1. The van der Waals surface area contributed by atoms with Crippen molar-refractivity contribution < 1.29 is 13.0 Å². The van der Waals surface area contributed by atoms with E-state index in [1.54, 1.807) is 6.07 Å². The fourth-order valence-electron chi connectivity index (χ4n) is 2.84. The fourth-order valence-corrected chi connectivity index (χ4v) is 3.33. The molecule has 0 heterocycles. The maximum atomic E-state index is 11.0. The molecule has 5 heteroatoms. The van der Waals surface area contributed by atoms with Crippen LogP contribution in [0.1, 0.15) is 82.3 Å². The maximum Gasteiger partial charge on any atom is 0.124 e. The van der Waals surface area contributed by atoms with Crippen molar-refractivity contribution in [1.82, 2.24) is 0 Å². The van der Waals surface area contributed by atoms with E-state index in [0.29, 0.717) is 5.56 Å². The van der Waals surface area contributed by atoms with E-state index in [1.807, 2.05) is 6.07 Å². The van der Waals surface area contributed by atoms with Crippen molar-refractivity contribution in [1.29, 1.82) is 5.26 Å². The minimum atomic E-state index is -4.50. The van der Waals surface area contributed by atoms with Gasteiger partial charge in [0, 0.05) is 0 Å².